The Morgan fingerprint density at radius 2 is 1.69 bits per heavy atom. The summed E-state index contributed by atoms with van der Waals surface area (Å²) in [6, 6.07) is 9.44. The number of carbonyl (C=O) groups is 2. The summed E-state index contributed by atoms with van der Waals surface area (Å²) >= 11 is 2.37. The van der Waals surface area contributed by atoms with Gasteiger partial charge in [-0.3, -0.25) is 14.9 Å². The van der Waals surface area contributed by atoms with E-state index in [1.54, 1.807) is 29.6 Å². The fourth-order valence-electron chi connectivity index (χ4n) is 3.07. The van der Waals surface area contributed by atoms with Crippen LogP contribution in [0, 0.1) is 0 Å². The summed E-state index contributed by atoms with van der Waals surface area (Å²) in [5, 5.41) is 7.79. The van der Waals surface area contributed by atoms with Crippen LogP contribution in [0.4, 0.5) is 10.3 Å². The highest BCUT2D eigenvalue weighted by Crippen LogP contribution is 2.28. The van der Waals surface area contributed by atoms with Crippen LogP contribution in [0.3, 0.4) is 0 Å². The predicted molar refractivity (Wildman–Crippen MR) is 135 cm³/mol. The second kappa shape index (κ2) is 9.98. The van der Waals surface area contributed by atoms with Crippen molar-refractivity contribution in [1.29, 1.82) is 0 Å². The minimum atomic E-state index is -3.34. The van der Waals surface area contributed by atoms with Gasteiger partial charge in [-0.2, -0.15) is 0 Å². The molecule has 0 aliphatic heterocycles. The zero-order chi connectivity index (χ0) is 25.2. The standard InChI is InChI=1S/C22H20N4O6S3/c1-31-14-6-12(7-15(9-14)32-2)20(28)26-21-23-13(11-33-21)8-19(27)25-22-24-17-5-4-16(35(3,29)30)10-18(17)34-22/h4-7,9-11H,8H2,1-3H3,(H,23,26,28)(H,24,25,27). The van der Waals surface area contributed by atoms with Crippen LogP contribution in [-0.4, -0.2) is 50.7 Å². The van der Waals surface area contributed by atoms with Gasteiger partial charge in [0.1, 0.15) is 11.5 Å². The van der Waals surface area contributed by atoms with E-state index in [1.807, 2.05) is 0 Å². The van der Waals surface area contributed by atoms with E-state index in [-0.39, 0.29) is 17.2 Å². The summed E-state index contributed by atoms with van der Waals surface area (Å²) in [7, 11) is -0.346. The van der Waals surface area contributed by atoms with Gasteiger partial charge < -0.3 is 14.8 Å². The van der Waals surface area contributed by atoms with E-state index in [1.165, 1.54) is 49.0 Å². The second-order valence-electron chi connectivity index (χ2n) is 7.35. The molecule has 2 aromatic carbocycles. The number of rotatable bonds is 8. The molecular formula is C22H20N4O6S3. The van der Waals surface area contributed by atoms with Crippen LogP contribution in [0.2, 0.25) is 0 Å². The quantitative estimate of drug-likeness (QED) is 0.351. The van der Waals surface area contributed by atoms with Crippen molar-refractivity contribution >= 4 is 64.8 Å². The van der Waals surface area contributed by atoms with Gasteiger partial charge in [-0.25, -0.2) is 18.4 Å². The number of nitrogens with zero attached hydrogens (tertiary/aromatic N) is 2. The van der Waals surface area contributed by atoms with E-state index < -0.39 is 15.7 Å². The Morgan fingerprint density at radius 3 is 2.34 bits per heavy atom. The molecule has 0 atom stereocenters. The van der Waals surface area contributed by atoms with Crippen molar-refractivity contribution in [2.75, 3.05) is 31.1 Å². The molecule has 0 bridgehead atoms. The molecule has 13 heteroatoms. The molecule has 0 saturated heterocycles. The Labute approximate surface area is 208 Å². The number of hydrogen-bond donors (Lipinski definition) is 2. The number of thiazole rings is 2. The van der Waals surface area contributed by atoms with Gasteiger partial charge in [0.25, 0.3) is 5.91 Å². The molecule has 2 N–H and O–H groups in total. The van der Waals surface area contributed by atoms with Crippen molar-refractivity contribution in [1.82, 2.24) is 9.97 Å². The first-order chi connectivity index (χ1) is 16.6. The number of ether oxygens (including phenoxy) is 2. The van der Waals surface area contributed by atoms with E-state index in [4.69, 9.17) is 9.47 Å². The summed E-state index contributed by atoms with van der Waals surface area (Å²) in [5.41, 5.74) is 1.41. The maximum Gasteiger partial charge on any atom is 0.257 e. The molecule has 2 aromatic heterocycles. The number of aromatic nitrogens is 2. The van der Waals surface area contributed by atoms with E-state index in [0.717, 1.165) is 6.26 Å². The summed E-state index contributed by atoms with van der Waals surface area (Å²) in [5.74, 6) is 0.227. The topological polar surface area (TPSA) is 137 Å². The van der Waals surface area contributed by atoms with Crippen molar-refractivity contribution < 1.29 is 27.5 Å². The molecule has 0 aliphatic carbocycles. The lowest BCUT2D eigenvalue weighted by atomic mass is 10.2. The lowest BCUT2D eigenvalue weighted by molar-refractivity contribution is -0.115. The maximum atomic E-state index is 12.6. The molecular weight excluding hydrogens is 512 g/mol. The normalized spacial score (nSPS) is 11.3. The minimum absolute atomic E-state index is 0.0239. The molecule has 4 aromatic rings. The van der Waals surface area contributed by atoms with Gasteiger partial charge >= 0.3 is 0 Å². The molecule has 2 amide bonds. The molecule has 35 heavy (non-hydrogen) atoms. The van der Waals surface area contributed by atoms with E-state index in [9.17, 15) is 18.0 Å². The monoisotopic (exact) mass is 532 g/mol. The summed E-state index contributed by atoms with van der Waals surface area (Å²) in [6.45, 7) is 0. The number of anilines is 2. The number of sulfone groups is 1. The van der Waals surface area contributed by atoms with Crippen molar-refractivity contribution in [3.05, 3.63) is 53.0 Å². The van der Waals surface area contributed by atoms with Gasteiger partial charge in [-0.05, 0) is 30.3 Å². The zero-order valence-corrected chi connectivity index (χ0v) is 21.3. The molecule has 0 fully saturated rings. The highest BCUT2D eigenvalue weighted by molar-refractivity contribution is 7.90. The van der Waals surface area contributed by atoms with Crippen molar-refractivity contribution in [3.8, 4) is 11.5 Å². The number of benzene rings is 2. The third-order valence-electron chi connectivity index (χ3n) is 4.76. The summed E-state index contributed by atoms with van der Waals surface area (Å²) < 4.78 is 34.5. The van der Waals surface area contributed by atoms with E-state index in [2.05, 4.69) is 20.6 Å². The average molecular weight is 533 g/mol. The smallest absolute Gasteiger partial charge is 0.257 e. The van der Waals surface area contributed by atoms with Gasteiger partial charge in [0.15, 0.2) is 20.1 Å². The molecule has 0 unspecified atom stereocenters. The first-order valence-corrected chi connectivity index (χ1v) is 13.6. The molecule has 0 aliphatic rings. The molecule has 4 rings (SSSR count). The van der Waals surface area contributed by atoms with Gasteiger partial charge in [0, 0.05) is 23.3 Å². The van der Waals surface area contributed by atoms with Crippen molar-refractivity contribution in [2.24, 2.45) is 0 Å². The first kappa shape index (κ1) is 24.6. The third kappa shape index (κ3) is 5.93. The number of methoxy groups -OCH3 is 2. The van der Waals surface area contributed by atoms with Crippen LogP contribution < -0.4 is 20.1 Å². The summed E-state index contributed by atoms with van der Waals surface area (Å²) in [6.07, 6.45) is 1.11. The van der Waals surface area contributed by atoms with Crippen LogP contribution in [0.5, 0.6) is 11.5 Å². The van der Waals surface area contributed by atoms with Crippen LogP contribution in [0.25, 0.3) is 10.2 Å². The Hall–Kier alpha value is -3.55. The molecule has 10 nitrogen and oxygen atoms in total. The van der Waals surface area contributed by atoms with Crippen LogP contribution in [0.15, 0.2) is 46.7 Å². The number of amides is 2. The Balaban J connectivity index is 1.40. The molecule has 0 saturated carbocycles. The Kier molecular flexibility index (Phi) is 7.00. The Bertz CT molecular complexity index is 1500. The summed E-state index contributed by atoms with van der Waals surface area (Å²) in [4.78, 5) is 33.9. The number of hydrogen-bond acceptors (Lipinski definition) is 10. The molecule has 2 heterocycles. The maximum absolute atomic E-state index is 12.6. The SMILES string of the molecule is COc1cc(OC)cc(C(=O)Nc2nc(CC(=O)Nc3nc4ccc(S(C)(=O)=O)cc4s3)cs2)c1. The van der Waals surface area contributed by atoms with Crippen molar-refractivity contribution in [3.63, 3.8) is 0 Å². The second-order valence-corrected chi connectivity index (χ2v) is 11.2. The number of nitrogens with one attached hydrogen (secondary N) is 2. The van der Waals surface area contributed by atoms with Crippen LogP contribution in [0.1, 0.15) is 16.1 Å². The number of fused-ring (bicyclic) bond motifs is 1. The van der Waals surface area contributed by atoms with Crippen LogP contribution in [-0.2, 0) is 21.1 Å². The number of carbonyl (C=O) groups excluding carboxylic acids is 2. The van der Waals surface area contributed by atoms with Crippen molar-refractivity contribution in [2.45, 2.75) is 11.3 Å². The lowest BCUT2D eigenvalue weighted by Crippen LogP contribution is -2.15. The predicted octanol–water partition coefficient (Wildman–Crippen LogP) is 3.61. The molecule has 182 valence electrons. The van der Waals surface area contributed by atoms with Gasteiger partial charge in [0.2, 0.25) is 5.91 Å². The fraction of sp³-hybridized carbons (Fsp3) is 0.182. The van der Waals surface area contributed by atoms with E-state index >= 15 is 0 Å². The highest BCUT2D eigenvalue weighted by atomic mass is 32.2. The fourth-order valence-corrected chi connectivity index (χ4v) is 5.42. The largest absolute Gasteiger partial charge is 0.497 e. The minimum Gasteiger partial charge on any atom is -0.497 e. The van der Waals surface area contributed by atoms with Crippen LogP contribution >= 0.6 is 22.7 Å². The van der Waals surface area contributed by atoms with Gasteiger partial charge in [-0.1, -0.05) is 11.3 Å². The average Bonchev–Trinajstić information content (AvgIpc) is 3.43. The lowest BCUT2D eigenvalue weighted by Gasteiger charge is -2.08. The van der Waals surface area contributed by atoms with Gasteiger partial charge in [0.05, 0.1) is 41.4 Å². The van der Waals surface area contributed by atoms with Gasteiger partial charge in [-0.15, -0.1) is 11.3 Å². The van der Waals surface area contributed by atoms with E-state index in [0.29, 0.717) is 43.2 Å². The first-order valence-electron chi connectivity index (χ1n) is 10.0. The Morgan fingerprint density at radius 1 is 0.971 bits per heavy atom. The zero-order valence-electron chi connectivity index (χ0n) is 18.8. The highest BCUT2D eigenvalue weighted by Gasteiger charge is 2.15. The third-order valence-corrected chi connectivity index (χ3v) is 7.61. The molecule has 0 spiro atoms. The molecule has 0 radical (unpaired) electrons.